The summed E-state index contributed by atoms with van der Waals surface area (Å²) >= 11 is 0. The molecule has 0 atom stereocenters. The van der Waals surface area contributed by atoms with E-state index in [1.165, 1.54) is 17.5 Å². The van der Waals surface area contributed by atoms with Crippen LogP contribution >= 0.6 is 0 Å². The van der Waals surface area contributed by atoms with E-state index in [0.717, 1.165) is 61.6 Å². The van der Waals surface area contributed by atoms with Crippen molar-refractivity contribution in [1.29, 1.82) is 0 Å². The first-order chi connectivity index (χ1) is 19.3. The average Bonchev–Trinajstić information content (AvgIpc) is 3.13. The lowest BCUT2D eigenvalue weighted by molar-refractivity contribution is 0.0482. The van der Waals surface area contributed by atoms with E-state index in [0.29, 0.717) is 18.8 Å². The van der Waals surface area contributed by atoms with E-state index in [4.69, 9.17) is 4.74 Å². The first kappa shape index (κ1) is 26.1. The first-order valence-corrected chi connectivity index (χ1v) is 14.0. The molecule has 0 saturated carbocycles. The number of piperidine rings is 1. The summed E-state index contributed by atoms with van der Waals surface area (Å²) in [6, 6.07) is 16.0. The van der Waals surface area contributed by atoms with Crippen molar-refractivity contribution in [3.05, 3.63) is 77.2 Å². The van der Waals surface area contributed by atoms with E-state index < -0.39 is 0 Å². The van der Waals surface area contributed by atoms with Crippen molar-refractivity contribution >= 4 is 23.4 Å². The maximum absolute atomic E-state index is 13.7. The molecule has 3 aliphatic heterocycles. The van der Waals surface area contributed by atoms with Gasteiger partial charge in [0.2, 0.25) is 0 Å². The summed E-state index contributed by atoms with van der Waals surface area (Å²) < 4.78 is 5.36. The molecule has 40 heavy (non-hydrogen) atoms. The molecule has 1 aromatic heterocycles. The van der Waals surface area contributed by atoms with Gasteiger partial charge in [-0.25, -0.2) is 14.8 Å². The van der Waals surface area contributed by atoms with Crippen LogP contribution in [0.2, 0.25) is 0 Å². The summed E-state index contributed by atoms with van der Waals surface area (Å²) in [5, 5.41) is 3.08. The third kappa shape index (κ3) is 4.96. The van der Waals surface area contributed by atoms with Gasteiger partial charge in [0.1, 0.15) is 23.6 Å². The molecule has 2 aromatic carbocycles. The molecular formula is C31H36N6O3. The van der Waals surface area contributed by atoms with E-state index in [9.17, 15) is 9.59 Å². The van der Waals surface area contributed by atoms with Crippen LogP contribution in [0.1, 0.15) is 53.9 Å². The summed E-state index contributed by atoms with van der Waals surface area (Å²) in [6.07, 6.45) is 4.74. The zero-order valence-electron chi connectivity index (χ0n) is 23.4. The number of rotatable bonds is 4. The third-order valence-corrected chi connectivity index (χ3v) is 8.58. The van der Waals surface area contributed by atoms with Gasteiger partial charge in [-0.2, -0.15) is 0 Å². The Balaban J connectivity index is 1.12. The summed E-state index contributed by atoms with van der Waals surface area (Å²) in [4.78, 5) is 41.7. The molecule has 9 heteroatoms. The Kier molecular flexibility index (Phi) is 6.82. The fourth-order valence-electron chi connectivity index (χ4n) is 6.26. The second-order valence-electron chi connectivity index (χ2n) is 11.5. The molecule has 1 saturated heterocycles. The fourth-order valence-corrected chi connectivity index (χ4v) is 6.26. The molecule has 6 rings (SSSR count). The van der Waals surface area contributed by atoms with Crippen molar-refractivity contribution in [2.45, 2.75) is 57.7 Å². The predicted octanol–water partition coefficient (Wildman–Crippen LogP) is 4.52. The molecule has 0 spiro atoms. The van der Waals surface area contributed by atoms with Crippen LogP contribution in [0.25, 0.3) is 0 Å². The normalized spacial score (nSPS) is 18.9. The number of urea groups is 1. The summed E-state index contributed by atoms with van der Waals surface area (Å²) in [5.41, 5.74) is 4.53. The van der Waals surface area contributed by atoms with Crippen LogP contribution in [-0.2, 0) is 19.4 Å². The molecule has 3 amide bonds. The van der Waals surface area contributed by atoms with Crippen molar-refractivity contribution in [3.8, 4) is 5.75 Å². The quantitative estimate of drug-likeness (QED) is 0.523. The number of hydrogen-bond acceptors (Lipinski definition) is 6. The van der Waals surface area contributed by atoms with Gasteiger partial charge in [-0.1, -0.05) is 24.3 Å². The highest BCUT2D eigenvalue weighted by molar-refractivity contribution is 5.94. The van der Waals surface area contributed by atoms with E-state index >= 15 is 0 Å². The molecule has 208 valence electrons. The van der Waals surface area contributed by atoms with Gasteiger partial charge in [-0.05, 0) is 74.4 Å². The minimum absolute atomic E-state index is 0.0528. The number of nitrogens with one attached hydrogen (secondary N) is 1. The minimum atomic E-state index is -0.312. The van der Waals surface area contributed by atoms with Crippen molar-refractivity contribution in [1.82, 2.24) is 19.8 Å². The minimum Gasteiger partial charge on any atom is -0.497 e. The van der Waals surface area contributed by atoms with E-state index in [1.807, 2.05) is 40.1 Å². The van der Waals surface area contributed by atoms with Crippen LogP contribution in [0, 0.1) is 0 Å². The smallest absolute Gasteiger partial charge is 0.322 e. The molecule has 4 heterocycles. The maximum Gasteiger partial charge on any atom is 0.322 e. The van der Waals surface area contributed by atoms with Gasteiger partial charge < -0.3 is 24.8 Å². The maximum atomic E-state index is 13.7. The van der Waals surface area contributed by atoms with Gasteiger partial charge in [0, 0.05) is 49.5 Å². The molecule has 0 unspecified atom stereocenters. The second-order valence-corrected chi connectivity index (χ2v) is 11.5. The Morgan fingerprint density at radius 2 is 1.77 bits per heavy atom. The van der Waals surface area contributed by atoms with Gasteiger partial charge in [-0.3, -0.25) is 4.79 Å². The molecule has 0 aliphatic carbocycles. The number of ether oxygens (including phenoxy) is 1. The number of nitrogens with zero attached hydrogens (tertiary/aromatic N) is 5. The van der Waals surface area contributed by atoms with Crippen LogP contribution in [-0.4, -0.2) is 70.0 Å². The summed E-state index contributed by atoms with van der Waals surface area (Å²) in [5.74, 6) is 1.48. The largest absolute Gasteiger partial charge is 0.497 e. The summed E-state index contributed by atoms with van der Waals surface area (Å²) in [7, 11) is 1.65. The first-order valence-electron chi connectivity index (χ1n) is 14.0. The van der Waals surface area contributed by atoms with Crippen LogP contribution < -0.4 is 15.0 Å². The lowest BCUT2D eigenvalue weighted by Gasteiger charge is -2.43. The number of aromatic nitrogens is 2. The number of amides is 3. The van der Waals surface area contributed by atoms with Gasteiger partial charge in [0.15, 0.2) is 0 Å². The lowest BCUT2D eigenvalue weighted by atomic mass is 9.85. The SMILES string of the molecule is COc1ccc2c(c1)CCN(C1CCN(c3cc(C(=O)N4Cc5ccccc5CC4(C)C)ncn3)CC1)C(=O)N2. The molecule has 0 radical (unpaired) electrons. The van der Waals surface area contributed by atoms with E-state index in [1.54, 1.807) is 7.11 Å². The van der Waals surface area contributed by atoms with Crippen molar-refractivity contribution in [2.75, 3.05) is 37.0 Å². The van der Waals surface area contributed by atoms with Crippen LogP contribution in [0.3, 0.4) is 0 Å². The Morgan fingerprint density at radius 1 is 1.00 bits per heavy atom. The van der Waals surface area contributed by atoms with Crippen LogP contribution in [0.4, 0.5) is 16.3 Å². The molecule has 0 bridgehead atoms. The fraction of sp³-hybridized carbons (Fsp3) is 0.419. The van der Waals surface area contributed by atoms with Gasteiger partial charge in [-0.15, -0.1) is 0 Å². The third-order valence-electron chi connectivity index (χ3n) is 8.58. The highest BCUT2D eigenvalue weighted by atomic mass is 16.5. The van der Waals surface area contributed by atoms with Crippen LogP contribution in [0.5, 0.6) is 5.75 Å². The van der Waals surface area contributed by atoms with Crippen LogP contribution in [0.15, 0.2) is 54.9 Å². The van der Waals surface area contributed by atoms with Crippen molar-refractivity contribution in [3.63, 3.8) is 0 Å². The molecular weight excluding hydrogens is 504 g/mol. The number of methoxy groups -OCH3 is 1. The number of anilines is 2. The molecule has 9 nitrogen and oxygen atoms in total. The zero-order valence-corrected chi connectivity index (χ0v) is 23.4. The van der Waals surface area contributed by atoms with Gasteiger partial charge in [0.05, 0.1) is 7.11 Å². The second kappa shape index (κ2) is 10.4. The average molecular weight is 541 g/mol. The molecule has 1 fully saturated rings. The Hall–Kier alpha value is -4.14. The zero-order chi connectivity index (χ0) is 27.9. The van der Waals surface area contributed by atoms with Crippen molar-refractivity contribution < 1.29 is 14.3 Å². The van der Waals surface area contributed by atoms with Gasteiger partial charge in [0.25, 0.3) is 5.91 Å². The number of carbonyl (C=O) groups is 2. The van der Waals surface area contributed by atoms with E-state index in [-0.39, 0.29) is 23.5 Å². The number of fused-ring (bicyclic) bond motifs is 2. The summed E-state index contributed by atoms with van der Waals surface area (Å²) in [6.45, 7) is 6.97. The lowest BCUT2D eigenvalue weighted by Crippen LogP contribution is -2.51. The van der Waals surface area contributed by atoms with Crippen molar-refractivity contribution in [2.24, 2.45) is 0 Å². The Bertz CT molecular complexity index is 1430. The number of benzene rings is 2. The highest BCUT2D eigenvalue weighted by Gasteiger charge is 2.37. The monoisotopic (exact) mass is 540 g/mol. The number of carbonyl (C=O) groups excluding carboxylic acids is 2. The molecule has 1 N–H and O–H groups in total. The van der Waals surface area contributed by atoms with E-state index in [2.05, 4.69) is 52.2 Å². The Labute approximate surface area is 235 Å². The topological polar surface area (TPSA) is 90.9 Å². The molecule has 3 aliphatic rings. The number of hydrogen-bond donors (Lipinski definition) is 1. The van der Waals surface area contributed by atoms with Gasteiger partial charge >= 0.3 is 6.03 Å². The molecule has 3 aromatic rings. The highest BCUT2D eigenvalue weighted by Crippen LogP contribution is 2.33. The predicted molar refractivity (Wildman–Crippen MR) is 154 cm³/mol. The Morgan fingerprint density at radius 3 is 2.55 bits per heavy atom. The standard InChI is InChI=1S/C31H36N6O3/c1-31(2)18-22-6-4-5-7-23(22)19-37(31)29(38)27-17-28(33-20-32-27)35-13-11-24(12-14-35)36-15-10-21-16-25(40-3)8-9-26(21)34-30(36)39/h4-9,16-17,20,24H,10-15,18-19H2,1-3H3,(H,34,39).